The van der Waals surface area contributed by atoms with Gasteiger partial charge in [0.25, 0.3) is 5.91 Å². The van der Waals surface area contributed by atoms with E-state index in [9.17, 15) is 4.79 Å². The van der Waals surface area contributed by atoms with Gasteiger partial charge < -0.3 is 10.2 Å². The third kappa shape index (κ3) is 2.93. The highest BCUT2D eigenvalue weighted by molar-refractivity contribution is 9.10. The highest BCUT2D eigenvalue weighted by Gasteiger charge is 2.34. The number of halogens is 2. The molecule has 1 amide bonds. The van der Waals surface area contributed by atoms with Crippen molar-refractivity contribution in [3.63, 3.8) is 0 Å². The number of amides is 1. The van der Waals surface area contributed by atoms with Crippen molar-refractivity contribution in [2.75, 3.05) is 26.2 Å². The Morgan fingerprint density at radius 3 is 2.36 bits per heavy atom. The van der Waals surface area contributed by atoms with Crippen LogP contribution < -0.4 is 5.32 Å². The average molecular weight is 390 g/mol. The number of aromatic nitrogens is 2. The van der Waals surface area contributed by atoms with Gasteiger partial charge in [0, 0.05) is 19.0 Å². The average Bonchev–Trinajstić information content (AvgIpc) is 3.17. The van der Waals surface area contributed by atoms with Gasteiger partial charge in [-0.25, -0.2) is 0 Å². The molecule has 7 heteroatoms. The van der Waals surface area contributed by atoms with Crippen LogP contribution in [0.3, 0.4) is 0 Å². The van der Waals surface area contributed by atoms with Gasteiger partial charge in [-0.2, -0.15) is 5.10 Å². The highest BCUT2D eigenvalue weighted by Crippen LogP contribution is 2.43. The fourth-order valence-corrected chi connectivity index (χ4v) is 4.37. The molecule has 2 saturated heterocycles. The summed E-state index contributed by atoms with van der Waals surface area (Å²) >= 11 is 3.58. The lowest BCUT2D eigenvalue weighted by molar-refractivity contribution is 0.0751. The van der Waals surface area contributed by atoms with Crippen LogP contribution in [0.15, 0.2) is 4.47 Å². The maximum Gasteiger partial charge on any atom is 0.275 e. The summed E-state index contributed by atoms with van der Waals surface area (Å²) in [5, 5.41) is 10.8. The zero-order valence-electron chi connectivity index (χ0n) is 12.5. The smallest absolute Gasteiger partial charge is 0.275 e. The van der Waals surface area contributed by atoms with Crippen molar-refractivity contribution in [1.82, 2.24) is 20.4 Å². The summed E-state index contributed by atoms with van der Waals surface area (Å²) in [7, 11) is 0. The minimum Gasteiger partial charge on any atom is -0.337 e. The lowest BCUT2D eigenvalue weighted by Crippen LogP contribution is -2.33. The van der Waals surface area contributed by atoms with Gasteiger partial charge in [0.2, 0.25) is 0 Å². The zero-order chi connectivity index (χ0) is 14.4. The number of hydrogen-bond acceptors (Lipinski definition) is 3. The lowest BCUT2D eigenvalue weighted by Gasteiger charge is -2.20. The van der Waals surface area contributed by atoms with Crippen molar-refractivity contribution in [2.24, 2.45) is 11.8 Å². The van der Waals surface area contributed by atoms with Crippen molar-refractivity contribution in [3.05, 3.63) is 15.9 Å². The summed E-state index contributed by atoms with van der Waals surface area (Å²) in [5.41, 5.74) is 1.68. The molecular formula is C15H22BrClN4O. The third-order valence-corrected chi connectivity index (χ3v) is 6.03. The van der Waals surface area contributed by atoms with Gasteiger partial charge in [-0.05, 0) is 66.5 Å². The van der Waals surface area contributed by atoms with Gasteiger partial charge in [0.05, 0.1) is 10.2 Å². The summed E-state index contributed by atoms with van der Waals surface area (Å²) < 4.78 is 0.890. The Morgan fingerprint density at radius 2 is 1.77 bits per heavy atom. The predicted molar refractivity (Wildman–Crippen MR) is 90.5 cm³/mol. The van der Waals surface area contributed by atoms with Crippen LogP contribution in [0.2, 0.25) is 0 Å². The van der Waals surface area contributed by atoms with Gasteiger partial charge in [-0.3, -0.25) is 9.89 Å². The number of nitrogens with zero attached hydrogens (tertiary/aromatic N) is 2. The molecule has 0 unspecified atom stereocenters. The molecule has 2 N–H and O–H groups in total. The number of nitrogens with one attached hydrogen (secondary N) is 2. The van der Waals surface area contributed by atoms with Gasteiger partial charge in [-0.1, -0.05) is 0 Å². The molecule has 22 heavy (non-hydrogen) atoms. The zero-order valence-corrected chi connectivity index (χ0v) is 14.9. The first kappa shape index (κ1) is 16.3. The Kier molecular flexibility index (Phi) is 4.80. The standard InChI is InChI=1S/C15H21BrN4O.ClH/c16-12-13(9-1-2-9)18-19-14(12)15(21)20-5-3-10-7-17-8-11(10)4-6-20;/h9-11,17H,1-8H2,(H,18,19);1H/t10-,11+;. The van der Waals surface area contributed by atoms with E-state index < -0.39 is 0 Å². The van der Waals surface area contributed by atoms with E-state index in [1.165, 1.54) is 12.8 Å². The monoisotopic (exact) mass is 388 g/mol. The first-order chi connectivity index (χ1) is 10.2. The third-order valence-electron chi connectivity index (χ3n) is 5.23. The summed E-state index contributed by atoms with van der Waals surface area (Å²) in [4.78, 5) is 14.7. The molecule has 4 rings (SSSR count). The van der Waals surface area contributed by atoms with Crippen LogP contribution in [0, 0.1) is 11.8 Å². The van der Waals surface area contributed by atoms with E-state index in [1.54, 1.807) is 0 Å². The molecule has 122 valence electrons. The molecule has 3 heterocycles. The quantitative estimate of drug-likeness (QED) is 0.817. The fourth-order valence-electron chi connectivity index (χ4n) is 3.70. The molecule has 1 aromatic rings. The van der Waals surface area contributed by atoms with Gasteiger partial charge in [-0.15, -0.1) is 12.4 Å². The second-order valence-electron chi connectivity index (χ2n) is 6.62. The minimum atomic E-state index is 0. The number of likely N-dealkylation sites (tertiary alicyclic amines) is 1. The summed E-state index contributed by atoms with van der Waals surface area (Å²) in [6.45, 7) is 3.95. The van der Waals surface area contributed by atoms with Crippen LogP contribution in [0.25, 0.3) is 0 Å². The molecule has 1 aliphatic carbocycles. The van der Waals surface area contributed by atoms with E-state index in [1.807, 2.05) is 4.90 Å². The van der Waals surface area contributed by atoms with E-state index in [0.29, 0.717) is 11.6 Å². The number of hydrogen-bond donors (Lipinski definition) is 2. The van der Waals surface area contributed by atoms with E-state index in [2.05, 4.69) is 31.4 Å². The molecule has 0 aromatic carbocycles. The molecule has 0 spiro atoms. The van der Waals surface area contributed by atoms with Crippen LogP contribution in [0.4, 0.5) is 0 Å². The highest BCUT2D eigenvalue weighted by atomic mass is 79.9. The maximum absolute atomic E-state index is 12.7. The van der Waals surface area contributed by atoms with Crippen LogP contribution >= 0.6 is 28.3 Å². The summed E-state index contributed by atoms with van der Waals surface area (Å²) in [6, 6.07) is 0. The van der Waals surface area contributed by atoms with Crippen molar-refractivity contribution >= 4 is 34.2 Å². The molecule has 3 fully saturated rings. The van der Waals surface area contributed by atoms with E-state index >= 15 is 0 Å². The fraction of sp³-hybridized carbons (Fsp3) is 0.733. The Morgan fingerprint density at radius 1 is 1.14 bits per heavy atom. The summed E-state index contributed by atoms with van der Waals surface area (Å²) in [5.74, 6) is 2.14. The van der Waals surface area contributed by atoms with Crippen molar-refractivity contribution in [3.8, 4) is 0 Å². The molecule has 2 atom stereocenters. The van der Waals surface area contributed by atoms with Crippen LogP contribution in [-0.4, -0.2) is 47.2 Å². The predicted octanol–water partition coefficient (Wildman–Crippen LogP) is 2.54. The van der Waals surface area contributed by atoms with E-state index in [-0.39, 0.29) is 18.3 Å². The van der Waals surface area contributed by atoms with Crippen LogP contribution in [0.5, 0.6) is 0 Å². The second-order valence-corrected chi connectivity index (χ2v) is 7.42. The van der Waals surface area contributed by atoms with Crippen LogP contribution in [0.1, 0.15) is 47.8 Å². The van der Waals surface area contributed by atoms with Crippen molar-refractivity contribution < 1.29 is 4.79 Å². The Bertz CT molecular complexity index is 546. The first-order valence-electron chi connectivity index (χ1n) is 7.97. The maximum atomic E-state index is 12.7. The van der Waals surface area contributed by atoms with Gasteiger partial charge in [0.1, 0.15) is 0 Å². The normalized spacial score (nSPS) is 28.0. The van der Waals surface area contributed by atoms with E-state index in [4.69, 9.17) is 0 Å². The number of fused-ring (bicyclic) bond motifs is 1. The summed E-state index contributed by atoms with van der Waals surface area (Å²) in [6.07, 6.45) is 4.63. The molecule has 5 nitrogen and oxygen atoms in total. The molecule has 0 radical (unpaired) electrons. The number of rotatable bonds is 2. The molecule has 1 aromatic heterocycles. The number of carbonyl (C=O) groups excluding carboxylic acids is 1. The Balaban J connectivity index is 0.00000144. The largest absolute Gasteiger partial charge is 0.337 e. The molecule has 0 bridgehead atoms. The lowest BCUT2D eigenvalue weighted by atomic mass is 9.92. The van der Waals surface area contributed by atoms with Crippen LogP contribution in [-0.2, 0) is 0 Å². The number of carbonyl (C=O) groups is 1. The van der Waals surface area contributed by atoms with Gasteiger partial charge in [0.15, 0.2) is 5.69 Å². The van der Waals surface area contributed by atoms with E-state index in [0.717, 1.165) is 61.0 Å². The minimum absolute atomic E-state index is 0. The Hall–Kier alpha value is -0.590. The van der Waals surface area contributed by atoms with Crippen molar-refractivity contribution in [1.29, 1.82) is 0 Å². The number of aromatic amines is 1. The van der Waals surface area contributed by atoms with Crippen molar-refractivity contribution in [2.45, 2.75) is 31.6 Å². The first-order valence-corrected chi connectivity index (χ1v) is 8.77. The molecule has 1 saturated carbocycles. The number of H-pyrrole nitrogens is 1. The Labute approximate surface area is 145 Å². The second kappa shape index (κ2) is 6.49. The topological polar surface area (TPSA) is 61.0 Å². The SMILES string of the molecule is Cl.O=C(c1n[nH]c(C2CC2)c1Br)N1CC[C@@H]2CNC[C@@H]2CC1. The molecule has 3 aliphatic rings. The molecule has 2 aliphatic heterocycles. The van der Waals surface area contributed by atoms with Gasteiger partial charge >= 0.3 is 0 Å². The molecular weight excluding hydrogens is 368 g/mol.